The normalized spacial score (nSPS) is 9.85. The number of hydrogen-bond donors (Lipinski definition) is 0. The number of hydrogen-bond acceptors (Lipinski definition) is 2. The molecule has 228 valence electrons. The van der Waals surface area contributed by atoms with Crippen LogP contribution in [0, 0.1) is 6.10 Å². The van der Waals surface area contributed by atoms with Gasteiger partial charge in [0.15, 0.2) is 0 Å². The third-order valence-corrected chi connectivity index (χ3v) is 5.15. The Labute approximate surface area is 268 Å². The van der Waals surface area contributed by atoms with Gasteiger partial charge in [0.25, 0.3) is 0 Å². The van der Waals surface area contributed by atoms with Crippen LogP contribution in [-0.4, -0.2) is 62.3 Å². The van der Waals surface area contributed by atoms with Crippen LogP contribution in [0.25, 0.3) is 22.0 Å². The maximum Gasteiger partial charge on any atom is 4.00 e. The quantitative estimate of drug-likeness (QED) is 0.180. The second-order valence-electron chi connectivity index (χ2n) is 9.01. The number of rotatable bonds is 12. The Bertz CT molecular complexity index is 805. The minimum atomic E-state index is -0.332. The zero-order valence-electron chi connectivity index (χ0n) is 27.4. The fourth-order valence-corrected chi connectivity index (χ4v) is 3.36. The van der Waals surface area contributed by atoms with E-state index in [1.807, 2.05) is 142 Å². The average Bonchev–Trinajstić information content (AvgIpc) is 2.94. The van der Waals surface area contributed by atoms with Gasteiger partial charge < -0.3 is 25.6 Å². The Morgan fingerprint density at radius 2 is 1.07 bits per heavy atom. The van der Waals surface area contributed by atoms with Gasteiger partial charge in [-0.2, -0.15) is 39.3 Å². The van der Waals surface area contributed by atoms with Crippen molar-refractivity contribution >= 4 is 12.2 Å². The summed E-state index contributed by atoms with van der Waals surface area (Å²) in [6.45, 7) is 26.0. The molecule has 2 aromatic carbocycles. The van der Waals surface area contributed by atoms with Gasteiger partial charge in [0.05, 0.1) is 0 Å². The summed E-state index contributed by atoms with van der Waals surface area (Å²) in [6.07, 6.45) is 4.01. The van der Waals surface area contributed by atoms with Crippen molar-refractivity contribution in [2.75, 3.05) is 39.3 Å². The van der Waals surface area contributed by atoms with Crippen LogP contribution in [0.15, 0.2) is 66.7 Å². The molecule has 7 heteroatoms. The molecule has 2 aromatic rings. The number of carbonyl (C=O) groups excluding carboxylic acids is 1. The molecule has 0 radical (unpaired) electrons. The fourth-order valence-electron chi connectivity index (χ4n) is 3.36. The summed E-state index contributed by atoms with van der Waals surface area (Å²) in [5.74, 6) is 0. The van der Waals surface area contributed by atoms with Gasteiger partial charge in [-0.05, 0) is 27.7 Å². The molecule has 0 N–H and O–H groups in total. The van der Waals surface area contributed by atoms with Gasteiger partial charge in [-0.1, -0.05) is 83.5 Å². The van der Waals surface area contributed by atoms with Gasteiger partial charge in [0.1, 0.15) is 0 Å². The maximum atomic E-state index is 12.7. The maximum absolute atomic E-state index is 12.7. The van der Waals surface area contributed by atoms with Gasteiger partial charge in [-0.3, -0.25) is 0 Å². The molecule has 0 unspecified atom stereocenters. The van der Waals surface area contributed by atoms with E-state index in [1.165, 1.54) is 0 Å². The first-order valence-corrected chi connectivity index (χ1v) is 14.8. The molecule has 0 fully saturated rings. The van der Waals surface area contributed by atoms with E-state index in [9.17, 15) is 4.79 Å². The Kier molecular flexibility index (Phi) is 32.6. The third-order valence-electron chi connectivity index (χ3n) is 5.15. The molecular formula is C34H56N4O2Ti. The average molecular weight is 601 g/mol. The molecule has 0 atom stereocenters. The van der Waals surface area contributed by atoms with Crippen molar-refractivity contribution in [1.29, 1.82) is 0 Å². The van der Waals surface area contributed by atoms with Crippen LogP contribution in [0.1, 0.15) is 80.4 Å². The third kappa shape index (κ3) is 24.2. The van der Waals surface area contributed by atoms with Gasteiger partial charge in [0, 0.05) is 18.2 Å². The Balaban J connectivity index is -0.000000744. The Hall–Kier alpha value is -2.09. The van der Waals surface area contributed by atoms with Gasteiger partial charge in [0.2, 0.25) is 0 Å². The van der Waals surface area contributed by atoms with Crippen molar-refractivity contribution in [3.8, 4) is 0 Å². The Morgan fingerprint density at radius 1 is 0.707 bits per heavy atom. The van der Waals surface area contributed by atoms with E-state index in [4.69, 9.17) is 4.74 Å². The summed E-state index contributed by atoms with van der Waals surface area (Å²) in [6, 6.07) is 19.8. The van der Waals surface area contributed by atoms with Crippen LogP contribution in [0.5, 0.6) is 0 Å². The van der Waals surface area contributed by atoms with Crippen LogP contribution in [-0.2, 0) is 26.5 Å². The summed E-state index contributed by atoms with van der Waals surface area (Å²) in [5.41, 5.74) is 1.92. The standard InChI is InChI=1S/C22H26NO2.3C4H10N.Ti/c1-17(2)23(18(3)4)22(24)25-21(20-13-9-6-10-14-20)16-15-19-11-7-5-8-12-19;3*1-3-5-4-2;/h5-18H,1-4H3;3*3-4H2,1-2H3;/q4*-1;+4/b16-15+;;;;. The minimum absolute atomic E-state index is 0. The van der Waals surface area contributed by atoms with Crippen LogP contribution in [0.4, 0.5) is 4.79 Å². The molecule has 6 nitrogen and oxygen atoms in total. The predicted molar refractivity (Wildman–Crippen MR) is 176 cm³/mol. The van der Waals surface area contributed by atoms with Crippen LogP contribution in [0.2, 0.25) is 0 Å². The first-order valence-electron chi connectivity index (χ1n) is 14.8. The molecule has 2 rings (SSSR count). The van der Waals surface area contributed by atoms with E-state index in [-0.39, 0.29) is 39.9 Å². The first kappa shape index (κ1) is 43.4. The summed E-state index contributed by atoms with van der Waals surface area (Å²) in [4.78, 5) is 14.4. The molecule has 0 aromatic heterocycles. The van der Waals surface area contributed by atoms with Crippen molar-refractivity contribution in [2.24, 2.45) is 0 Å². The topological polar surface area (TPSA) is 71.8 Å². The predicted octanol–water partition coefficient (Wildman–Crippen LogP) is 9.73. The zero-order valence-corrected chi connectivity index (χ0v) is 29.0. The van der Waals surface area contributed by atoms with Crippen molar-refractivity contribution < 1.29 is 31.2 Å². The number of ether oxygens (including phenoxy) is 1. The Morgan fingerprint density at radius 3 is 1.39 bits per heavy atom. The van der Waals surface area contributed by atoms with Gasteiger partial charge in [-0.25, -0.2) is 4.79 Å². The van der Waals surface area contributed by atoms with E-state index >= 15 is 0 Å². The molecule has 0 heterocycles. The largest absolute Gasteiger partial charge is 4.00 e. The molecule has 1 amide bonds. The van der Waals surface area contributed by atoms with Crippen molar-refractivity contribution in [2.45, 2.75) is 81.3 Å². The minimum Gasteiger partial charge on any atom is -0.663 e. The van der Waals surface area contributed by atoms with Gasteiger partial charge >= 0.3 is 27.8 Å². The molecule has 0 bridgehead atoms. The number of benzene rings is 2. The summed E-state index contributed by atoms with van der Waals surface area (Å²) < 4.78 is 5.76. The molecule has 0 aliphatic carbocycles. The molecule has 0 saturated carbocycles. The monoisotopic (exact) mass is 600 g/mol. The molecular weight excluding hydrogens is 544 g/mol. The van der Waals surface area contributed by atoms with Crippen molar-refractivity contribution in [3.63, 3.8) is 0 Å². The van der Waals surface area contributed by atoms with Crippen molar-refractivity contribution in [1.82, 2.24) is 4.90 Å². The van der Waals surface area contributed by atoms with E-state index in [0.717, 1.165) is 50.4 Å². The second kappa shape index (κ2) is 30.9. The smallest absolute Gasteiger partial charge is 0.663 e. The van der Waals surface area contributed by atoms with E-state index in [1.54, 1.807) is 4.90 Å². The first-order chi connectivity index (χ1) is 19.2. The molecule has 0 aliphatic heterocycles. The summed E-state index contributed by atoms with van der Waals surface area (Å²) >= 11 is 0. The van der Waals surface area contributed by atoms with Gasteiger partial charge in [-0.15, -0.1) is 42.0 Å². The molecule has 0 saturated heterocycles. The summed E-state index contributed by atoms with van der Waals surface area (Å²) in [7, 11) is 0. The van der Waals surface area contributed by atoms with E-state index in [0.29, 0.717) is 6.10 Å². The van der Waals surface area contributed by atoms with Crippen LogP contribution >= 0.6 is 0 Å². The number of carbonyl (C=O) groups is 1. The van der Waals surface area contributed by atoms with Crippen molar-refractivity contribution in [3.05, 3.63) is 99.9 Å². The van der Waals surface area contributed by atoms with Crippen LogP contribution < -0.4 is 0 Å². The van der Waals surface area contributed by atoms with E-state index < -0.39 is 0 Å². The zero-order chi connectivity index (χ0) is 30.6. The molecule has 41 heavy (non-hydrogen) atoms. The SMILES string of the molecule is CC(C)N(C(=O)O[C-](/C=C/c1ccccc1)c1ccccc1)C(C)C.CC[N-]CC.CC[N-]CC.CC[N-]CC.[Ti+4]. The fraction of sp³-hybridized carbons (Fsp3) is 0.529. The van der Waals surface area contributed by atoms with E-state index in [2.05, 4.69) is 16.0 Å². The molecule has 0 spiro atoms. The molecule has 0 aliphatic rings. The number of nitrogens with zero attached hydrogens (tertiary/aromatic N) is 4. The second-order valence-corrected chi connectivity index (χ2v) is 9.01. The number of amides is 1. The van der Waals surface area contributed by atoms with Crippen LogP contribution in [0.3, 0.4) is 0 Å². The summed E-state index contributed by atoms with van der Waals surface area (Å²) in [5, 5.41) is 11.9.